The average Bonchev–Trinajstić information content (AvgIpc) is 2.75. The van der Waals surface area contributed by atoms with Crippen molar-refractivity contribution < 1.29 is 28.9 Å². The molecule has 1 unspecified atom stereocenters. The number of aliphatic carboxylic acids is 1. The number of carboxylic acids is 1. The van der Waals surface area contributed by atoms with Crippen LogP contribution in [0.5, 0.6) is 11.5 Å². The van der Waals surface area contributed by atoms with Crippen molar-refractivity contribution in [3.63, 3.8) is 0 Å². The van der Waals surface area contributed by atoms with Crippen LogP contribution >= 0.6 is 11.6 Å². The fraction of sp³-hybridized carbons (Fsp3) is 0.417. The molecule has 174 valence electrons. The molecule has 0 radical (unpaired) electrons. The number of amides is 1. The third kappa shape index (κ3) is 7.43. The molecule has 0 heterocycles. The summed E-state index contributed by atoms with van der Waals surface area (Å²) in [4.78, 5) is 24.2. The number of nitrogens with one attached hydrogen (secondary N) is 1. The van der Waals surface area contributed by atoms with Gasteiger partial charge in [-0.15, -0.1) is 0 Å². The lowest BCUT2D eigenvalue weighted by Crippen LogP contribution is -2.29. The Balaban J connectivity index is 2.12. The van der Waals surface area contributed by atoms with E-state index < -0.39 is 12.1 Å². The molecular formula is C24H30ClNO6. The minimum Gasteiger partial charge on any atom is -0.496 e. The summed E-state index contributed by atoms with van der Waals surface area (Å²) < 4.78 is 16.4. The van der Waals surface area contributed by atoms with Gasteiger partial charge in [0.15, 0.2) is 6.10 Å². The van der Waals surface area contributed by atoms with Gasteiger partial charge in [-0.25, -0.2) is 4.79 Å². The van der Waals surface area contributed by atoms with E-state index in [4.69, 9.17) is 25.8 Å². The smallest absolute Gasteiger partial charge is 0.333 e. The van der Waals surface area contributed by atoms with E-state index >= 15 is 0 Å². The molecule has 0 fully saturated rings. The van der Waals surface area contributed by atoms with Crippen molar-refractivity contribution in [2.45, 2.75) is 52.4 Å². The average molecular weight is 464 g/mol. The van der Waals surface area contributed by atoms with Gasteiger partial charge in [0.2, 0.25) is 0 Å². The van der Waals surface area contributed by atoms with Crippen LogP contribution in [0.4, 0.5) is 0 Å². The number of rotatable bonds is 12. The zero-order valence-electron chi connectivity index (χ0n) is 18.8. The second-order valence-corrected chi connectivity index (χ2v) is 7.94. The van der Waals surface area contributed by atoms with Gasteiger partial charge in [-0.05, 0) is 50.1 Å². The van der Waals surface area contributed by atoms with E-state index in [1.807, 2.05) is 13.0 Å². The molecule has 0 spiro atoms. The Labute approximate surface area is 193 Å². The molecule has 0 bridgehead atoms. The molecule has 0 aliphatic heterocycles. The number of hydrogen-bond donors (Lipinski definition) is 2. The third-order valence-electron chi connectivity index (χ3n) is 4.58. The van der Waals surface area contributed by atoms with Crippen LogP contribution in [0.1, 0.15) is 48.7 Å². The van der Waals surface area contributed by atoms with Crippen LogP contribution in [0.15, 0.2) is 36.4 Å². The minimum absolute atomic E-state index is 0.184. The predicted octanol–water partition coefficient (Wildman–Crippen LogP) is 4.49. The quantitative estimate of drug-likeness (QED) is 0.481. The summed E-state index contributed by atoms with van der Waals surface area (Å²) in [6, 6.07) is 10.3. The van der Waals surface area contributed by atoms with E-state index in [9.17, 15) is 14.7 Å². The molecule has 1 atom stereocenters. The molecule has 0 aliphatic rings. The number of carboxylic acid groups (broad SMARTS) is 1. The molecular weight excluding hydrogens is 434 g/mol. The molecule has 2 N–H and O–H groups in total. The van der Waals surface area contributed by atoms with Gasteiger partial charge in [-0.3, -0.25) is 4.79 Å². The SMILES string of the molecule is CCCOc1ccc(C(=O)NCc2cc(CC(OC(C)C)C(=O)O)ccc2OC)c(Cl)c1. The van der Waals surface area contributed by atoms with E-state index in [1.165, 1.54) is 7.11 Å². The first-order chi connectivity index (χ1) is 15.2. The largest absolute Gasteiger partial charge is 0.496 e. The topological polar surface area (TPSA) is 94.1 Å². The van der Waals surface area contributed by atoms with E-state index in [0.717, 1.165) is 12.0 Å². The molecule has 2 aromatic rings. The molecule has 2 aromatic carbocycles. The fourth-order valence-electron chi connectivity index (χ4n) is 3.09. The summed E-state index contributed by atoms with van der Waals surface area (Å²) in [7, 11) is 1.54. The highest BCUT2D eigenvalue weighted by molar-refractivity contribution is 6.34. The van der Waals surface area contributed by atoms with Crippen molar-refractivity contribution in [1.29, 1.82) is 0 Å². The number of carbonyl (C=O) groups is 2. The maximum absolute atomic E-state index is 12.7. The van der Waals surface area contributed by atoms with E-state index in [1.54, 1.807) is 44.2 Å². The molecule has 1 amide bonds. The zero-order valence-corrected chi connectivity index (χ0v) is 19.6. The highest BCUT2D eigenvalue weighted by Crippen LogP contribution is 2.24. The third-order valence-corrected chi connectivity index (χ3v) is 4.89. The zero-order chi connectivity index (χ0) is 23.7. The van der Waals surface area contributed by atoms with Crippen LogP contribution in [0.2, 0.25) is 5.02 Å². The van der Waals surface area contributed by atoms with Crippen LogP contribution < -0.4 is 14.8 Å². The normalized spacial score (nSPS) is 11.8. The van der Waals surface area contributed by atoms with Crippen LogP contribution in [-0.2, 0) is 22.5 Å². The summed E-state index contributed by atoms with van der Waals surface area (Å²) >= 11 is 6.26. The number of halogens is 1. The Kier molecular flexibility index (Phi) is 9.81. The molecule has 7 nitrogen and oxygen atoms in total. The number of carbonyl (C=O) groups excluding carboxylic acids is 1. The Morgan fingerprint density at radius 2 is 1.91 bits per heavy atom. The summed E-state index contributed by atoms with van der Waals surface area (Å²) in [5.41, 5.74) is 1.81. The number of methoxy groups -OCH3 is 1. The van der Waals surface area contributed by atoms with Gasteiger partial charge in [0.25, 0.3) is 5.91 Å². The predicted molar refractivity (Wildman–Crippen MR) is 123 cm³/mol. The lowest BCUT2D eigenvalue weighted by atomic mass is 10.0. The van der Waals surface area contributed by atoms with Gasteiger partial charge < -0.3 is 24.6 Å². The second kappa shape index (κ2) is 12.3. The summed E-state index contributed by atoms with van der Waals surface area (Å²) in [6.45, 7) is 6.34. The van der Waals surface area contributed by atoms with Crippen molar-refractivity contribution in [2.75, 3.05) is 13.7 Å². The first kappa shape index (κ1) is 25.5. The van der Waals surface area contributed by atoms with Crippen LogP contribution in [0.25, 0.3) is 0 Å². The van der Waals surface area contributed by atoms with Crippen molar-refractivity contribution in [3.8, 4) is 11.5 Å². The Morgan fingerprint density at radius 1 is 1.16 bits per heavy atom. The standard InChI is InChI=1S/C24H30ClNO6/c1-5-10-31-18-7-8-19(20(25)13-18)23(27)26-14-17-11-16(6-9-21(17)30-4)12-22(24(28)29)32-15(2)3/h6-9,11,13,15,22H,5,10,12,14H2,1-4H3,(H,26,27)(H,28,29). The molecule has 2 rings (SSSR count). The van der Waals surface area contributed by atoms with Crippen LogP contribution in [0.3, 0.4) is 0 Å². The first-order valence-corrected chi connectivity index (χ1v) is 10.9. The molecule has 0 aromatic heterocycles. The molecule has 8 heteroatoms. The van der Waals surface area contributed by atoms with Gasteiger partial charge in [-0.2, -0.15) is 0 Å². The highest BCUT2D eigenvalue weighted by atomic mass is 35.5. The monoisotopic (exact) mass is 463 g/mol. The van der Waals surface area contributed by atoms with Gasteiger partial charge in [-0.1, -0.05) is 30.7 Å². The van der Waals surface area contributed by atoms with E-state index in [-0.39, 0.29) is 25.0 Å². The van der Waals surface area contributed by atoms with Gasteiger partial charge in [0.1, 0.15) is 11.5 Å². The Morgan fingerprint density at radius 3 is 2.50 bits per heavy atom. The van der Waals surface area contributed by atoms with Crippen molar-refractivity contribution in [2.24, 2.45) is 0 Å². The van der Waals surface area contributed by atoms with Crippen LogP contribution in [-0.4, -0.2) is 42.9 Å². The fourth-order valence-corrected chi connectivity index (χ4v) is 3.35. The molecule has 32 heavy (non-hydrogen) atoms. The van der Waals surface area contributed by atoms with Gasteiger partial charge >= 0.3 is 5.97 Å². The number of benzene rings is 2. The Bertz CT molecular complexity index is 931. The first-order valence-electron chi connectivity index (χ1n) is 10.5. The molecule has 0 aliphatic carbocycles. The summed E-state index contributed by atoms with van der Waals surface area (Å²) in [5.74, 6) is -0.166. The van der Waals surface area contributed by atoms with Crippen molar-refractivity contribution >= 4 is 23.5 Å². The van der Waals surface area contributed by atoms with Gasteiger partial charge in [0, 0.05) is 18.5 Å². The van der Waals surface area contributed by atoms with E-state index in [0.29, 0.717) is 34.3 Å². The highest BCUT2D eigenvalue weighted by Gasteiger charge is 2.21. The van der Waals surface area contributed by atoms with Crippen molar-refractivity contribution in [3.05, 3.63) is 58.1 Å². The van der Waals surface area contributed by atoms with Crippen LogP contribution in [0, 0.1) is 0 Å². The summed E-state index contributed by atoms with van der Waals surface area (Å²) in [6.07, 6.45) is -0.101. The van der Waals surface area contributed by atoms with Gasteiger partial charge in [0.05, 0.1) is 30.4 Å². The Hall–Kier alpha value is -2.77. The summed E-state index contributed by atoms with van der Waals surface area (Å²) in [5, 5.41) is 12.6. The minimum atomic E-state index is -1.02. The number of ether oxygens (including phenoxy) is 3. The lowest BCUT2D eigenvalue weighted by Gasteiger charge is -2.18. The lowest BCUT2D eigenvalue weighted by molar-refractivity contribution is -0.153. The second-order valence-electron chi connectivity index (χ2n) is 7.53. The maximum atomic E-state index is 12.7. The maximum Gasteiger partial charge on any atom is 0.333 e. The number of hydrogen-bond acceptors (Lipinski definition) is 5. The van der Waals surface area contributed by atoms with Crippen molar-refractivity contribution in [1.82, 2.24) is 5.32 Å². The van der Waals surface area contributed by atoms with E-state index in [2.05, 4.69) is 5.32 Å². The molecule has 0 saturated heterocycles. The molecule has 0 saturated carbocycles.